The molecule has 0 aliphatic carbocycles. The minimum Gasteiger partial charge on any atom is -0.378 e. The number of benzene rings is 2. The molecule has 5 heterocycles. The van der Waals surface area contributed by atoms with E-state index in [2.05, 4.69) is 82.8 Å². The molecule has 5 atom stereocenters. The van der Waals surface area contributed by atoms with Gasteiger partial charge in [0, 0.05) is 85.8 Å². The van der Waals surface area contributed by atoms with Crippen molar-refractivity contribution in [3.05, 3.63) is 54.1 Å². The molecular formula is C30H41N5O. The maximum Gasteiger partial charge on any atom is 0.224 e. The Hall–Kier alpha value is -2.57. The van der Waals surface area contributed by atoms with Crippen LogP contribution in [-0.4, -0.2) is 61.2 Å². The highest BCUT2D eigenvalue weighted by Gasteiger charge is 2.40. The number of hydrogen-bond acceptors (Lipinski definition) is 5. The quantitative estimate of drug-likeness (QED) is 0.658. The molecule has 36 heavy (non-hydrogen) atoms. The molecule has 7 rings (SSSR count). The van der Waals surface area contributed by atoms with Gasteiger partial charge in [-0.15, -0.1) is 0 Å². The van der Waals surface area contributed by atoms with Gasteiger partial charge in [-0.3, -0.25) is 9.69 Å². The Morgan fingerprint density at radius 3 is 2.39 bits per heavy atom. The molecule has 2 unspecified atom stereocenters. The first-order valence-electron chi connectivity index (χ1n) is 14.0. The number of hydrogen-bond donors (Lipinski definition) is 2. The van der Waals surface area contributed by atoms with E-state index in [9.17, 15) is 4.79 Å². The second-order valence-electron chi connectivity index (χ2n) is 11.5. The van der Waals surface area contributed by atoms with Crippen molar-refractivity contribution in [2.45, 2.75) is 76.7 Å². The Labute approximate surface area is 216 Å². The van der Waals surface area contributed by atoms with Crippen LogP contribution in [0.5, 0.6) is 0 Å². The van der Waals surface area contributed by atoms with E-state index in [1.165, 1.54) is 50.0 Å². The van der Waals surface area contributed by atoms with Gasteiger partial charge >= 0.3 is 0 Å². The van der Waals surface area contributed by atoms with Crippen molar-refractivity contribution in [3.63, 3.8) is 0 Å². The van der Waals surface area contributed by atoms with Gasteiger partial charge in [0.1, 0.15) is 0 Å². The van der Waals surface area contributed by atoms with E-state index in [-0.39, 0.29) is 23.9 Å². The molecule has 6 heteroatoms. The van der Waals surface area contributed by atoms with Crippen LogP contribution in [0, 0.1) is 5.92 Å². The summed E-state index contributed by atoms with van der Waals surface area (Å²) < 4.78 is 0. The Bertz CT molecular complexity index is 1070. The number of amides is 1. The summed E-state index contributed by atoms with van der Waals surface area (Å²) in [6, 6.07) is 19.7. The van der Waals surface area contributed by atoms with Crippen LogP contribution in [0.25, 0.3) is 0 Å². The summed E-state index contributed by atoms with van der Waals surface area (Å²) in [5.41, 5.74) is 4.70. The van der Waals surface area contributed by atoms with Crippen LogP contribution in [0.1, 0.15) is 58.1 Å². The lowest BCUT2D eigenvalue weighted by Crippen LogP contribution is -2.64. The predicted octanol–water partition coefficient (Wildman–Crippen LogP) is 4.64. The average molecular weight is 488 g/mol. The Balaban J connectivity index is 1.24. The van der Waals surface area contributed by atoms with Crippen LogP contribution in [0.3, 0.4) is 0 Å². The molecule has 0 aromatic heterocycles. The van der Waals surface area contributed by atoms with Gasteiger partial charge in [-0.25, -0.2) is 0 Å². The number of nitrogens with one attached hydrogen (secondary N) is 2. The Morgan fingerprint density at radius 2 is 1.75 bits per heavy atom. The molecule has 0 radical (unpaired) electrons. The maximum absolute atomic E-state index is 12.7. The summed E-state index contributed by atoms with van der Waals surface area (Å²) in [4.78, 5) is 20.1. The van der Waals surface area contributed by atoms with E-state index in [1.807, 2.05) is 4.90 Å². The smallest absolute Gasteiger partial charge is 0.224 e. The second-order valence-corrected chi connectivity index (χ2v) is 11.5. The van der Waals surface area contributed by atoms with Gasteiger partial charge in [-0.1, -0.05) is 25.1 Å². The number of anilines is 3. The molecular weight excluding hydrogens is 446 g/mol. The Morgan fingerprint density at radius 1 is 0.972 bits per heavy atom. The molecule has 4 fully saturated rings. The van der Waals surface area contributed by atoms with Crippen LogP contribution >= 0.6 is 0 Å². The van der Waals surface area contributed by atoms with E-state index in [4.69, 9.17) is 0 Å². The van der Waals surface area contributed by atoms with E-state index < -0.39 is 0 Å². The van der Waals surface area contributed by atoms with Crippen LogP contribution in [0.4, 0.5) is 17.1 Å². The fourth-order valence-corrected chi connectivity index (χ4v) is 7.25. The zero-order chi connectivity index (χ0) is 24.8. The fourth-order valence-electron chi connectivity index (χ4n) is 7.25. The average Bonchev–Trinajstić information content (AvgIpc) is 2.92. The molecule has 4 saturated heterocycles. The summed E-state index contributed by atoms with van der Waals surface area (Å²) in [7, 11) is 0. The largest absolute Gasteiger partial charge is 0.378 e. The molecule has 1 amide bonds. The molecule has 192 valence electrons. The third-order valence-corrected chi connectivity index (χ3v) is 9.42. The van der Waals surface area contributed by atoms with Crippen molar-refractivity contribution < 1.29 is 4.79 Å². The van der Waals surface area contributed by atoms with Crippen molar-refractivity contribution in [1.29, 1.82) is 0 Å². The van der Waals surface area contributed by atoms with Crippen LogP contribution in [0.15, 0.2) is 48.5 Å². The molecule has 5 aliphatic heterocycles. The molecule has 2 N–H and O–H groups in total. The highest BCUT2D eigenvalue weighted by atomic mass is 16.2. The van der Waals surface area contributed by atoms with Crippen molar-refractivity contribution in [3.8, 4) is 0 Å². The predicted molar refractivity (Wildman–Crippen MR) is 148 cm³/mol. The first-order valence-corrected chi connectivity index (χ1v) is 14.0. The standard InChI is InChI=1S/C30H41N5O/c1-20-21(2)35(22(3)36)29-12-11-26(17-28(29)30(20)32-23-7-5-4-6-8-23)33-15-13-25(14-16-33)34-19-24-9-10-27(34)18-31-24/h4-8,11-12,17,20-21,24-25,27,30-32H,9-10,13-16,18-19H2,1-3H3/t20?,21-,24+,27+,30?/m0/s1. The third-order valence-electron chi connectivity index (χ3n) is 9.42. The first-order chi connectivity index (χ1) is 17.5. The van der Waals surface area contributed by atoms with Crippen molar-refractivity contribution in [2.75, 3.05) is 41.3 Å². The SMILES string of the molecule is CC(=O)N1c2ccc(N3CCC(N4C[C@H]5CC[C@@H]4CN5)CC3)cc2C(Nc2ccccc2)C(C)[C@@H]1C. The molecule has 5 aliphatic rings. The van der Waals surface area contributed by atoms with Gasteiger partial charge in [0.25, 0.3) is 0 Å². The van der Waals surface area contributed by atoms with E-state index in [0.29, 0.717) is 6.04 Å². The third kappa shape index (κ3) is 4.28. The number of rotatable bonds is 4. The number of para-hydroxylation sites is 1. The molecule has 2 aromatic rings. The van der Waals surface area contributed by atoms with Gasteiger partial charge in [0.15, 0.2) is 0 Å². The van der Waals surface area contributed by atoms with Crippen molar-refractivity contribution in [1.82, 2.24) is 10.2 Å². The zero-order valence-corrected chi connectivity index (χ0v) is 22.0. The number of piperazine rings is 1. The fraction of sp³-hybridized carbons (Fsp3) is 0.567. The number of nitrogens with zero attached hydrogens (tertiary/aromatic N) is 3. The van der Waals surface area contributed by atoms with Crippen LogP contribution in [-0.2, 0) is 4.79 Å². The monoisotopic (exact) mass is 487 g/mol. The highest BCUT2D eigenvalue weighted by Crippen LogP contribution is 2.44. The highest BCUT2D eigenvalue weighted by molar-refractivity contribution is 5.94. The summed E-state index contributed by atoms with van der Waals surface area (Å²) in [5, 5.41) is 7.51. The summed E-state index contributed by atoms with van der Waals surface area (Å²) in [6.45, 7) is 10.7. The van der Waals surface area contributed by atoms with E-state index >= 15 is 0 Å². The van der Waals surface area contributed by atoms with Gasteiger partial charge in [0.05, 0.1) is 6.04 Å². The number of carbonyl (C=O) groups excluding carboxylic acids is 1. The Kier molecular flexibility index (Phi) is 6.42. The van der Waals surface area contributed by atoms with Crippen molar-refractivity contribution in [2.24, 2.45) is 5.92 Å². The zero-order valence-electron chi connectivity index (χ0n) is 22.0. The summed E-state index contributed by atoms with van der Waals surface area (Å²) >= 11 is 0. The molecule has 0 spiro atoms. The lowest BCUT2D eigenvalue weighted by molar-refractivity contribution is -0.117. The summed E-state index contributed by atoms with van der Waals surface area (Å²) in [5.74, 6) is 0.401. The lowest BCUT2D eigenvalue weighted by atomic mass is 9.82. The van der Waals surface area contributed by atoms with Gasteiger partial charge in [-0.05, 0) is 62.9 Å². The number of fused-ring (bicyclic) bond motifs is 4. The van der Waals surface area contributed by atoms with E-state index in [0.717, 1.165) is 36.5 Å². The molecule has 6 nitrogen and oxygen atoms in total. The van der Waals surface area contributed by atoms with Crippen molar-refractivity contribution >= 4 is 23.0 Å². The number of carbonyl (C=O) groups is 1. The molecule has 0 saturated carbocycles. The second kappa shape index (κ2) is 9.71. The van der Waals surface area contributed by atoms with Gasteiger partial charge in [0.2, 0.25) is 5.91 Å². The van der Waals surface area contributed by atoms with E-state index in [1.54, 1.807) is 6.92 Å². The number of piperidine rings is 3. The maximum atomic E-state index is 12.7. The van der Waals surface area contributed by atoms with Gasteiger partial charge in [-0.2, -0.15) is 0 Å². The topological polar surface area (TPSA) is 50.9 Å². The van der Waals surface area contributed by atoms with Crippen LogP contribution < -0.4 is 20.4 Å². The normalized spacial score (nSPS) is 30.8. The first kappa shape index (κ1) is 23.8. The minimum absolute atomic E-state index is 0.118. The van der Waals surface area contributed by atoms with Crippen LogP contribution in [0.2, 0.25) is 0 Å². The molecule has 2 bridgehead atoms. The minimum atomic E-state index is 0.118. The molecule has 2 aromatic carbocycles. The summed E-state index contributed by atoms with van der Waals surface area (Å²) in [6.07, 6.45) is 5.18. The van der Waals surface area contributed by atoms with Gasteiger partial charge < -0.3 is 20.4 Å². The lowest BCUT2D eigenvalue weighted by Gasteiger charge is -2.51.